The van der Waals surface area contributed by atoms with Gasteiger partial charge in [0.05, 0.1) is 17.4 Å². The molecule has 3 N–H and O–H groups in total. The van der Waals surface area contributed by atoms with E-state index in [1.807, 2.05) is 13.8 Å². The van der Waals surface area contributed by atoms with Gasteiger partial charge in [0.1, 0.15) is 0 Å². The van der Waals surface area contributed by atoms with Crippen LogP contribution in [-0.4, -0.2) is 47.4 Å². The number of carboxylic acids is 1. The molecule has 0 bridgehead atoms. The number of carboxylic acid groups (broad SMARTS) is 1. The minimum absolute atomic E-state index is 0.0286. The number of rotatable bonds is 9. The van der Waals surface area contributed by atoms with Crippen molar-refractivity contribution in [3.8, 4) is 0 Å². The highest BCUT2D eigenvalue weighted by Crippen LogP contribution is 2.30. The molecule has 128 valence electrons. The summed E-state index contributed by atoms with van der Waals surface area (Å²) in [4.78, 5) is 23.6. The number of carbonyl (C=O) groups excluding carboxylic acids is 1. The molecule has 1 fully saturated rings. The van der Waals surface area contributed by atoms with Gasteiger partial charge in [-0.3, -0.25) is 9.59 Å². The Morgan fingerprint density at radius 3 is 2.18 bits per heavy atom. The molecule has 6 heteroatoms. The highest BCUT2D eigenvalue weighted by Gasteiger charge is 2.40. The maximum Gasteiger partial charge on any atom is 0.311 e. The van der Waals surface area contributed by atoms with E-state index in [0.29, 0.717) is 38.9 Å². The normalized spacial score (nSPS) is 18.0. The molecule has 1 aliphatic heterocycles. The van der Waals surface area contributed by atoms with Crippen LogP contribution in [0.15, 0.2) is 0 Å². The predicted molar refractivity (Wildman–Crippen MR) is 82.5 cm³/mol. The second-order valence-corrected chi connectivity index (χ2v) is 6.38. The lowest BCUT2D eigenvalue weighted by Gasteiger charge is -2.34. The van der Waals surface area contributed by atoms with E-state index >= 15 is 0 Å². The SMILES string of the molecule is CCCC(O)(CCC)CC(=O)NCC1(C(=O)O)CCOCC1. The maximum atomic E-state index is 12.1. The fraction of sp³-hybridized carbons (Fsp3) is 0.875. The Balaban J connectivity index is 2.58. The first-order valence-electron chi connectivity index (χ1n) is 8.18. The van der Waals surface area contributed by atoms with Crippen molar-refractivity contribution in [1.29, 1.82) is 0 Å². The highest BCUT2D eigenvalue weighted by atomic mass is 16.5. The molecule has 0 spiro atoms. The van der Waals surface area contributed by atoms with E-state index < -0.39 is 17.0 Å². The monoisotopic (exact) mass is 315 g/mol. The zero-order valence-corrected chi connectivity index (χ0v) is 13.7. The van der Waals surface area contributed by atoms with E-state index in [0.717, 1.165) is 12.8 Å². The summed E-state index contributed by atoms with van der Waals surface area (Å²) < 4.78 is 5.21. The molecule has 1 heterocycles. The molecule has 1 aliphatic rings. The van der Waals surface area contributed by atoms with Crippen LogP contribution < -0.4 is 5.32 Å². The summed E-state index contributed by atoms with van der Waals surface area (Å²) in [5.41, 5.74) is -1.93. The second-order valence-electron chi connectivity index (χ2n) is 6.38. The average Bonchev–Trinajstić information content (AvgIpc) is 2.46. The lowest BCUT2D eigenvalue weighted by molar-refractivity contribution is -0.154. The van der Waals surface area contributed by atoms with Gasteiger partial charge in [-0.05, 0) is 25.7 Å². The zero-order chi connectivity index (χ0) is 16.6. The third-order valence-electron chi connectivity index (χ3n) is 4.45. The molecule has 0 aromatic rings. The fourth-order valence-corrected chi connectivity index (χ4v) is 3.09. The Labute approximate surface area is 132 Å². The Bertz CT molecular complexity index is 371. The van der Waals surface area contributed by atoms with Crippen LogP contribution >= 0.6 is 0 Å². The summed E-state index contributed by atoms with van der Waals surface area (Å²) in [5.74, 6) is -1.18. The van der Waals surface area contributed by atoms with Crippen molar-refractivity contribution in [3.05, 3.63) is 0 Å². The van der Waals surface area contributed by atoms with Crippen molar-refractivity contribution in [3.63, 3.8) is 0 Å². The van der Waals surface area contributed by atoms with Crippen molar-refractivity contribution in [2.24, 2.45) is 5.41 Å². The largest absolute Gasteiger partial charge is 0.481 e. The minimum Gasteiger partial charge on any atom is -0.481 e. The van der Waals surface area contributed by atoms with Crippen molar-refractivity contribution < 1.29 is 24.5 Å². The Kier molecular flexibility index (Phi) is 7.29. The van der Waals surface area contributed by atoms with Gasteiger partial charge in [0.25, 0.3) is 0 Å². The molecule has 0 unspecified atom stereocenters. The lowest BCUT2D eigenvalue weighted by Crippen LogP contribution is -2.47. The molecular weight excluding hydrogens is 286 g/mol. The standard InChI is InChI=1S/C16H29NO5/c1-3-5-16(21,6-4-2)11-13(18)17-12-15(14(19)20)7-9-22-10-8-15/h21H,3-12H2,1-2H3,(H,17,18)(H,19,20). The van der Waals surface area contributed by atoms with Crippen molar-refractivity contribution in [1.82, 2.24) is 5.32 Å². The van der Waals surface area contributed by atoms with Crippen LogP contribution in [0.2, 0.25) is 0 Å². The van der Waals surface area contributed by atoms with Crippen molar-refractivity contribution in [2.75, 3.05) is 19.8 Å². The van der Waals surface area contributed by atoms with Crippen LogP contribution in [0.3, 0.4) is 0 Å². The van der Waals surface area contributed by atoms with E-state index in [1.165, 1.54) is 0 Å². The molecule has 0 aromatic carbocycles. The van der Waals surface area contributed by atoms with Crippen LogP contribution in [0.25, 0.3) is 0 Å². The minimum atomic E-state index is -0.986. The number of hydrogen-bond donors (Lipinski definition) is 3. The summed E-state index contributed by atoms with van der Waals surface area (Å²) in [7, 11) is 0. The van der Waals surface area contributed by atoms with Gasteiger partial charge in [0.15, 0.2) is 0 Å². The summed E-state index contributed by atoms with van der Waals surface area (Å²) >= 11 is 0. The van der Waals surface area contributed by atoms with Crippen molar-refractivity contribution in [2.45, 2.75) is 64.4 Å². The molecule has 1 saturated heterocycles. The second kappa shape index (κ2) is 8.48. The molecule has 1 rings (SSSR count). The maximum absolute atomic E-state index is 12.1. The molecule has 0 aliphatic carbocycles. The van der Waals surface area contributed by atoms with Gasteiger partial charge in [-0.25, -0.2) is 0 Å². The molecule has 0 atom stereocenters. The smallest absolute Gasteiger partial charge is 0.311 e. The van der Waals surface area contributed by atoms with E-state index in [-0.39, 0.29) is 18.9 Å². The van der Waals surface area contributed by atoms with Gasteiger partial charge in [-0.1, -0.05) is 26.7 Å². The molecule has 22 heavy (non-hydrogen) atoms. The number of aliphatic carboxylic acids is 1. The van der Waals surface area contributed by atoms with E-state index in [4.69, 9.17) is 4.74 Å². The van der Waals surface area contributed by atoms with Gasteiger partial charge in [0, 0.05) is 19.8 Å². The molecule has 1 amide bonds. The summed E-state index contributed by atoms with van der Waals surface area (Å²) in [6.07, 6.45) is 3.59. The summed E-state index contributed by atoms with van der Waals surface area (Å²) in [5, 5.41) is 22.7. The van der Waals surface area contributed by atoms with Gasteiger partial charge < -0.3 is 20.3 Å². The summed E-state index contributed by atoms with van der Waals surface area (Å²) in [6, 6.07) is 0. The third-order valence-corrected chi connectivity index (χ3v) is 4.45. The number of amides is 1. The fourth-order valence-electron chi connectivity index (χ4n) is 3.09. The van der Waals surface area contributed by atoms with Gasteiger partial charge >= 0.3 is 5.97 Å². The third kappa shape index (κ3) is 5.25. The van der Waals surface area contributed by atoms with Crippen LogP contribution in [0.1, 0.15) is 58.8 Å². The average molecular weight is 315 g/mol. The van der Waals surface area contributed by atoms with Crippen LogP contribution in [0, 0.1) is 5.41 Å². The first kappa shape index (κ1) is 18.9. The van der Waals surface area contributed by atoms with E-state index in [1.54, 1.807) is 0 Å². The first-order valence-corrected chi connectivity index (χ1v) is 8.18. The van der Waals surface area contributed by atoms with Gasteiger partial charge in [0.2, 0.25) is 5.91 Å². The molecule has 0 radical (unpaired) electrons. The topological polar surface area (TPSA) is 95.9 Å². The van der Waals surface area contributed by atoms with Crippen LogP contribution in [-0.2, 0) is 14.3 Å². The van der Waals surface area contributed by atoms with Crippen LogP contribution in [0.5, 0.6) is 0 Å². The number of nitrogens with one attached hydrogen (secondary N) is 1. The Hall–Kier alpha value is -1.14. The quantitative estimate of drug-likeness (QED) is 0.602. The van der Waals surface area contributed by atoms with Gasteiger partial charge in [-0.2, -0.15) is 0 Å². The molecule has 6 nitrogen and oxygen atoms in total. The summed E-state index contributed by atoms with van der Waals surface area (Å²) in [6.45, 7) is 4.84. The van der Waals surface area contributed by atoms with E-state index in [9.17, 15) is 19.8 Å². The zero-order valence-electron chi connectivity index (χ0n) is 13.7. The Morgan fingerprint density at radius 2 is 1.73 bits per heavy atom. The number of hydrogen-bond acceptors (Lipinski definition) is 4. The molecular formula is C16H29NO5. The Morgan fingerprint density at radius 1 is 1.18 bits per heavy atom. The first-order chi connectivity index (χ1) is 10.4. The number of carbonyl (C=O) groups is 2. The van der Waals surface area contributed by atoms with Gasteiger partial charge in [-0.15, -0.1) is 0 Å². The lowest BCUT2D eigenvalue weighted by atomic mass is 9.80. The highest BCUT2D eigenvalue weighted by molar-refractivity contribution is 5.79. The predicted octanol–water partition coefficient (Wildman–Crippen LogP) is 1.71. The number of ether oxygens (including phenoxy) is 1. The molecule has 0 saturated carbocycles. The molecule has 0 aromatic heterocycles. The van der Waals surface area contributed by atoms with Crippen LogP contribution in [0.4, 0.5) is 0 Å². The van der Waals surface area contributed by atoms with Crippen molar-refractivity contribution >= 4 is 11.9 Å². The van der Waals surface area contributed by atoms with E-state index in [2.05, 4.69) is 5.32 Å². The number of aliphatic hydroxyl groups is 1.